The van der Waals surface area contributed by atoms with Crippen LogP contribution in [-0.2, 0) is 6.61 Å². The molecule has 0 bridgehead atoms. The van der Waals surface area contributed by atoms with Crippen molar-refractivity contribution < 1.29 is 9.84 Å². The number of aromatic hydroxyl groups is 1. The highest BCUT2D eigenvalue weighted by Crippen LogP contribution is 2.29. The van der Waals surface area contributed by atoms with E-state index in [-0.39, 0.29) is 5.75 Å². The smallest absolute Gasteiger partial charge is 0.123 e. The summed E-state index contributed by atoms with van der Waals surface area (Å²) in [7, 11) is 0. The molecule has 96 valence electrons. The zero-order valence-electron chi connectivity index (χ0n) is 9.97. The molecule has 3 aromatic rings. The topological polar surface area (TPSA) is 29.5 Å². The number of rotatable bonds is 3. The van der Waals surface area contributed by atoms with Crippen molar-refractivity contribution in [1.29, 1.82) is 0 Å². The number of hydrogen-bond donors (Lipinski definition) is 1. The molecule has 1 heterocycles. The van der Waals surface area contributed by atoms with E-state index in [1.54, 1.807) is 29.5 Å². The van der Waals surface area contributed by atoms with Gasteiger partial charge in [-0.25, -0.2) is 0 Å². The van der Waals surface area contributed by atoms with E-state index in [0.29, 0.717) is 12.4 Å². The molecule has 0 saturated carbocycles. The SMILES string of the molecule is Oc1cccc(OCc2csc3cc(Cl)ccc23)c1. The van der Waals surface area contributed by atoms with Crippen molar-refractivity contribution in [3.63, 3.8) is 0 Å². The van der Waals surface area contributed by atoms with Gasteiger partial charge < -0.3 is 9.84 Å². The van der Waals surface area contributed by atoms with Crippen LogP contribution in [0.25, 0.3) is 10.1 Å². The number of hydrogen-bond acceptors (Lipinski definition) is 3. The molecule has 0 saturated heterocycles. The quantitative estimate of drug-likeness (QED) is 0.748. The van der Waals surface area contributed by atoms with Crippen LogP contribution in [-0.4, -0.2) is 5.11 Å². The minimum atomic E-state index is 0.208. The Labute approximate surface area is 119 Å². The van der Waals surface area contributed by atoms with Crippen LogP contribution in [0.4, 0.5) is 0 Å². The molecule has 3 rings (SSSR count). The summed E-state index contributed by atoms with van der Waals surface area (Å²) in [6.45, 7) is 0.477. The summed E-state index contributed by atoms with van der Waals surface area (Å²) in [5.41, 5.74) is 1.13. The fraction of sp³-hybridized carbons (Fsp3) is 0.0667. The van der Waals surface area contributed by atoms with Gasteiger partial charge in [-0.15, -0.1) is 11.3 Å². The number of benzene rings is 2. The van der Waals surface area contributed by atoms with Crippen LogP contribution in [0.3, 0.4) is 0 Å². The van der Waals surface area contributed by atoms with Crippen molar-refractivity contribution >= 4 is 33.0 Å². The summed E-state index contributed by atoms with van der Waals surface area (Å²) >= 11 is 7.62. The van der Waals surface area contributed by atoms with E-state index in [1.165, 1.54) is 0 Å². The average molecular weight is 291 g/mol. The standard InChI is InChI=1S/C15H11ClO2S/c16-11-4-5-14-10(9-19-15(14)6-11)8-18-13-3-1-2-12(17)7-13/h1-7,9,17H,8H2. The summed E-state index contributed by atoms with van der Waals surface area (Å²) in [5, 5.41) is 13.4. The van der Waals surface area contributed by atoms with E-state index >= 15 is 0 Å². The molecule has 0 aliphatic carbocycles. The van der Waals surface area contributed by atoms with Crippen molar-refractivity contribution in [1.82, 2.24) is 0 Å². The van der Waals surface area contributed by atoms with Crippen LogP contribution < -0.4 is 4.74 Å². The Balaban J connectivity index is 1.82. The van der Waals surface area contributed by atoms with Crippen LogP contribution in [0, 0.1) is 0 Å². The van der Waals surface area contributed by atoms with Crippen molar-refractivity contribution in [3.05, 3.63) is 58.4 Å². The lowest BCUT2D eigenvalue weighted by molar-refractivity contribution is 0.306. The minimum Gasteiger partial charge on any atom is -0.508 e. The molecule has 1 N–H and O–H groups in total. The van der Waals surface area contributed by atoms with Crippen molar-refractivity contribution in [2.24, 2.45) is 0 Å². The van der Waals surface area contributed by atoms with E-state index in [4.69, 9.17) is 16.3 Å². The largest absolute Gasteiger partial charge is 0.508 e. The van der Waals surface area contributed by atoms with Crippen molar-refractivity contribution in [3.8, 4) is 11.5 Å². The van der Waals surface area contributed by atoms with Gasteiger partial charge in [-0.1, -0.05) is 23.7 Å². The first kappa shape index (κ1) is 12.3. The summed E-state index contributed by atoms with van der Waals surface area (Å²) in [4.78, 5) is 0. The molecule has 1 aromatic heterocycles. The molecule has 0 aliphatic rings. The Morgan fingerprint density at radius 1 is 1.16 bits per heavy atom. The van der Waals surface area contributed by atoms with Gasteiger partial charge in [0.15, 0.2) is 0 Å². The average Bonchev–Trinajstić information content (AvgIpc) is 2.78. The molecule has 0 amide bonds. The third-order valence-electron chi connectivity index (χ3n) is 2.83. The second kappa shape index (κ2) is 5.11. The maximum atomic E-state index is 9.38. The molecular formula is C15H11ClO2S. The van der Waals surface area contributed by atoms with Gasteiger partial charge in [-0.05, 0) is 35.0 Å². The molecule has 4 heteroatoms. The van der Waals surface area contributed by atoms with Gasteiger partial charge in [0.25, 0.3) is 0 Å². The first-order valence-corrected chi connectivity index (χ1v) is 7.05. The third-order valence-corrected chi connectivity index (χ3v) is 4.06. The highest BCUT2D eigenvalue weighted by molar-refractivity contribution is 7.17. The van der Waals surface area contributed by atoms with Crippen molar-refractivity contribution in [2.75, 3.05) is 0 Å². The first-order valence-electron chi connectivity index (χ1n) is 5.80. The highest BCUT2D eigenvalue weighted by atomic mass is 35.5. The number of phenolic OH excluding ortho intramolecular Hbond substituents is 1. The Hall–Kier alpha value is -1.71. The summed E-state index contributed by atoms with van der Waals surface area (Å²) in [5.74, 6) is 0.868. The molecule has 0 spiro atoms. The van der Waals surface area contributed by atoms with E-state index in [2.05, 4.69) is 5.38 Å². The Kier molecular flexibility index (Phi) is 3.32. The van der Waals surface area contributed by atoms with Crippen LogP contribution in [0.1, 0.15) is 5.56 Å². The second-order valence-electron chi connectivity index (χ2n) is 4.19. The summed E-state index contributed by atoms with van der Waals surface area (Å²) < 4.78 is 6.84. The number of ether oxygens (including phenoxy) is 1. The monoisotopic (exact) mass is 290 g/mol. The van der Waals surface area contributed by atoms with E-state index in [1.807, 2.05) is 24.3 Å². The fourth-order valence-electron chi connectivity index (χ4n) is 1.90. The normalized spacial score (nSPS) is 10.8. The van der Waals surface area contributed by atoms with Crippen LogP contribution in [0.15, 0.2) is 47.8 Å². The van der Waals surface area contributed by atoms with Gasteiger partial charge in [0, 0.05) is 21.4 Å². The van der Waals surface area contributed by atoms with Gasteiger partial charge in [0.05, 0.1) is 0 Å². The zero-order valence-corrected chi connectivity index (χ0v) is 11.5. The molecule has 2 aromatic carbocycles. The third kappa shape index (κ3) is 2.67. The maximum absolute atomic E-state index is 9.38. The van der Waals surface area contributed by atoms with Gasteiger partial charge >= 0.3 is 0 Å². The lowest BCUT2D eigenvalue weighted by atomic mass is 10.2. The molecule has 0 atom stereocenters. The Bertz CT molecular complexity index is 721. The summed E-state index contributed by atoms with van der Waals surface area (Å²) in [6.07, 6.45) is 0. The molecule has 0 unspecified atom stereocenters. The fourth-order valence-corrected chi connectivity index (χ4v) is 3.13. The van der Waals surface area contributed by atoms with E-state index < -0.39 is 0 Å². The molecule has 0 aliphatic heterocycles. The number of thiophene rings is 1. The van der Waals surface area contributed by atoms with Crippen LogP contribution in [0.5, 0.6) is 11.5 Å². The van der Waals surface area contributed by atoms with Crippen LogP contribution in [0.2, 0.25) is 5.02 Å². The predicted octanol–water partition coefficient (Wildman–Crippen LogP) is 4.84. The van der Waals surface area contributed by atoms with Crippen LogP contribution >= 0.6 is 22.9 Å². The predicted molar refractivity (Wildman–Crippen MR) is 79.3 cm³/mol. The molecule has 2 nitrogen and oxygen atoms in total. The van der Waals surface area contributed by atoms with E-state index in [9.17, 15) is 5.11 Å². The Morgan fingerprint density at radius 2 is 2.05 bits per heavy atom. The van der Waals surface area contributed by atoms with Gasteiger partial charge in [0.2, 0.25) is 0 Å². The van der Waals surface area contributed by atoms with Crippen molar-refractivity contribution in [2.45, 2.75) is 6.61 Å². The molecular weight excluding hydrogens is 280 g/mol. The maximum Gasteiger partial charge on any atom is 0.123 e. The number of phenols is 1. The Morgan fingerprint density at radius 3 is 2.89 bits per heavy atom. The van der Waals surface area contributed by atoms with Gasteiger partial charge in [-0.2, -0.15) is 0 Å². The lowest BCUT2D eigenvalue weighted by Crippen LogP contribution is -1.93. The first-order chi connectivity index (χ1) is 9.22. The second-order valence-corrected chi connectivity index (χ2v) is 5.54. The van der Waals surface area contributed by atoms with E-state index in [0.717, 1.165) is 20.7 Å². The lowest BCUT2D eigenvalue weighted by Gasteiger charge is -2.05. The zero-order chi connectivity index (χ0) is 13.2. The summed E-state index contributed by atoms with van der Waals surface area (Å²) in [6, 6.07) is 12.7. The molecule has 19 heavy (non-hydrogen) atoms. The molecule has 0 fully saturated rings. The highest BCUT2D eigenvalue weighted by Gasteiger charge is 2.05. The number of fused-ring (bicyclic) bond motifs is 1. The van der Waals surface area contributed by atoms with Gasteiger partial charge in [-0.3, -0.25) is 0 Å². The minimum absolute atomic E-state index is 0.208. The number of halogens is 1. The molecule has 0 radical (unpaired) electrons. The van der Waals surface area contributed by atoms with Gasteiger partial charge in [0.1, 0.15) is 18.1 Å².